The SMILES string of the molecule is CN(C)C(=O)Cn1cc(Nc2cc3[nH]ncc3c(Cc3cc(F)ccc3F)n2)cn1. The van der Waals surface area contributed by atoms with E-state index in [0.29, 0.717) is 22.7 Å². The van der Waals surface area contributed by atoms with Crippen molar-refractivity contribution in [3.8, 4) is 0 Å². The number of nitrogens with one attached hydrogen (secondary N) is 2. The van der Waals surface area contributed by atoms with Gasteiger partial charge in [0.25, 0.3) is 0 Å². The van der Waals surface area contributed by atoms with Gasteiger partial charge >= 0.3 is 0 Å². The molecule has 0 radical (unpaired) electrons. The van der Waals surface area contributed by atoms with Crippen molar-refractivity contribution in [3.05, 3.63) is 65.7 Å². The first-order chi connectivity index (χ1) is 14.4. The second-order valence-corrected chi connectivity index (χ2v) is 7.04. The first kappa shape index (κ1) is 19.5. The van der Waals surface area contributed by atoms with Gasteiger partial charge in [0.05, 0.1) is 29.3 Å². The molecule has 4 aromatic rings. The Kier molecular flexibility index (Phi) is 5.13. The number of pyridine rings is 1. The van der Waals surface area contributed by atoms with Gasteiger partial charge in [-0.05, 0) is 23.8 Å². The molecule has 10 heteroatoms. The predicted molar refractivity (Wildman–Crippen MR) is 107 cm³/mol. The molecule has 0 aliphatic heterocycles. The minimum absolute atomic E-state index is 0.0824. The largest absolute Gasteiger partial charge is 0.347 e. The molecule has 30 heavy (non-hydrogen) atoms. The van der Waals surface area contributed by atoms with Crippen LogP contribution < -0.4 is 5.32 Å². The molecule has 154 valence electrons. The third kappa shape index (κ3) is 4.12. The smallest absolute Gasteiger partial charge is 0.243 e. The minimum Gasteiger partial charge on any atom is -0.347 e. The lowest BCUT2D eigenvalue weighted by molar-refractivity contribution is -0.129. The highest BCUT2D eigenvalue weighted by molar-refractivity contribution is 5.83. The first-order valence-electron chi connectivity index (χ1n) is 9.15. The summed E-state index contributed by atoms with van der Waals surface area (Å²) in [4.78, 5) is 17.9. The van der Waals surface area contributed by atoms with Crippen LogP contribution in [0.1, 0.15) is 11.3 Å². The van der Waals surface area contributed by atoms with Crippen molar-refractivity contribution in [2.24, 2.45) is 0 Å². The number of carbonyl (C=O) groups excluding carboxylic acids is 1. The van der Waals surface area contributed by atoms with Crippen LogP contribution in [0.4, 0.5) is 20.3 Å². The molecule has 4 rings (SSSR count). The van der Waals surface area contributed by atoms with Gasteiger partial charge in [-0.25, -0.2) is 13.8 Å². The Bertz CT molecular complexity index is 1220. The molecule has 0 aliphatic carbocycles. The number of aromatic nitrogens is 5. The number of nitrogens with zero attached hydrogens (tertiary/aromatic N) is 5. The summed E-state index contributed by atoms with van der Waals surface area (Å²) in [6.45, 7) is 0.117. The molecule has 8 nitrogen and oxygen atoms in total. The molecule has 0 spiro atoms. The fourth-order valence-electron chi connectivity index (χ4n) is 3.01. The maximum Gasteiger partial charge on any atom is 0.243 e. The topological polar surface area (TPSA) is 91.7 Å². The Morgan fingerprint density at radius 2 is 2.07 bits per heavy atom. The highest BCUT2D eigenvalue weighted by Crippen LogP contribution is 2.24. The van der Waals surface area contributed by atoms with Crippen molar-refractivity contribution >= 4 is 28.3 Å². The maximum absolute atomic E-state index is 14.1. The number of amides is 1. The number of likely N-dealkylation sites (N-methyl/N-ethyl adjacent to an activating group) is 1. The van der Waals surface area contributed by atoms with Gasteiger partial charge in [0.15, 0.2) is 0 Å². The number of benzene rings is 1. The molecule has 0 aliphatic rings. The van der Waals surface area contributed by atoms with Gasteiger partial charge in [0.2, 0.25) is 5.91 Å². The lowest BCUT2D eigenvalue weighted by Gasteiger charge is -2.10. The number of H-pyrrole nitrogens is 1. The van der Waals surface area contributed by atoms with Crippen molar-refractivity contribution in [2.45, 2.75) is 13.0 Å². The molecule has 2 N–H and O–H groups in total. The third-order valence-corrected chi connectivity index (χ3v) is 4.58. The van der Waals surface area contributed by atoms with Crippen molar-refractivity contribution < 1.29 is 13.6 Å². The zero-order valence-corrected chi connectivity index (χ0v) is 16.4. The number of fused-ring (bicyclic) bond motifs is 1. The average Bonchev–Trinajstić information content (AvgIpc) is 3.34. The van der Waals surface area contributed by atoms with Gasteiger partial charge in [0, 0.05) is 38.2 Å². The quantitative estimate of drug-likeness (QED) is 0.509. The van der Waals surface area contributed by atoms with Crippen LogP contribution in [0.25, 0.3) is 10.9 Å². The van der Waals surface area contributed by atoms with Crippen molar-refractivity contribution in [1.82, 2.24) is 29.9 Å². The number of hydrogen-bond donors (Lipinski definition) is 2. The van der Waals surface area contributed by atoms with Gasteiger partial charge < -0.3 is 10.2 Å². The molecule has 0 saturated heterocycles. The van der Waals surface area contributed by atoms with E-state index < -0.39 is 11.6 Å². The number of halogens is 2. The van der Waals surface area contributed by atoms with E-state index >= 15 is 0 Å². The zero-order chi connectivity index (χ0) is 21.3. The van der Waals surface area contributed by atoms with Gasteiger partial charge in [-0.1, -0.05) is 0 Å². The van der Waals surface area contributed by atoms with Crippen molar-refractivity contribution in [2.75, 3.05) is 19.4 Å². The monoisotopic (exact) mass is 411 g/mol. The molecule has 3 heterocycles. The van der Waals surface area contributed by atoms with Gasteiger partial charge in [0.1, 0.15) is 24.0 Å². The fraction of sp³-hybridized carbons (Fsp3) is 0.200. The minimum atomic E-state index is -0.510. The first-order valence-corrected chi connectivity index (χ1v) is 9.15. The number of anilines is 2. The summed E-state index contributed by atoms with van der Waals surface area (Å²) >= 11 is 0. The molecule has 1 aromatic carbocycles. The molecule has 1 amide bonds. The zero-order valence-electron chi connectivity index (χ0n) is 16.4. The number of hydrogen-bond acceptors (Lipinski definition) is 5. The summed E-state index contributed by atoms with van der Waals surface area (Å²) in [5.41, 5.74) is 2.09. The summed E-state index contributed by atoms with van der Waals surface area (Å²) in [7, 11) is 3.36. The average molecular weight is 411 g/mol. The van der Waals surface area contributed by atoms with E-state index in [4.69, 9.17) is 0 Å². The van der Waals surface area contributed by atoms with Crippen molar-refractivity contribution in [1.29, 1.82) is 0 Å². The van der Waals surface area contributed by atoms with Crippen LogP contribution in [0.5, 0.6) is 0 Å². The lowest BCUT2D eigenvalue weighted by Crippen LogP contribution is -2.26. The van der Waals surface area contributed by atoms with E-state index in [-0.39, 0.29) is 24.4 Å². The summed E-state index contributed by atoms with van der Waals surface area (Å²) in [6, 6.07) is 5.10. The number of carbonyl (C=O) groups is 1. The summed E-state index contributed by atoms with van der Waals surface area (Å²) in [5.74, 6) is -0.609. The molecule has 0 bridgehead atoms. The van der Waals surface area contributed by atoms with E-state index in [2.05, 4.69) is 25.6 Å². The second-order valence-electron chi connectivity index (χ2n) is 7.04. The second kappa shape index (κ2) is 7.90. The van der Waals surface area contributed by atoms with Crippen LogP contribution in [-0.4, -0.2) is 49.9 Å². The van der Waals surface area contributed by atoms with Crippen LogP contribution in [0, 0.1) is 11.6 Å². The Morgan fingerprint density at radius 1 is 1.23 bits per heavy atom. The summed E-state index contributed by atoms with van der Waals surface area (Å²) in [6.07, 6.45) is 4.97. The van der Waals surface area contributed by atoms with E-state index in [1.165, 1.54) is 9.58 Å². The fourth-order valence-corrected chi connectivity index (χ4v) is 3.01. The van der Waals surface area contributed by atoms with E-state index in [9.17, 15) is 13.6 Å². The Balaban J connectivity index is 1.61. The third-order valence-electron chi connectivity index (χ3n) is 4.58. The Labute approximate surface area is 170 Å². The van der Waals surface area contributed by atoms with Gasteiger partial charge in [-0.15, -0.1) is 0 Å². The number of rotatable bonds is 6. The lowest BCUT2D eigenvalue weighted by atomic mass is 10.1. The molecular weight excluding hydrogens is 392 g/mol. The molecule has 0 saturated carbocycles. The van der Waals surface area contributed by atoms with E-state index in [1.54, 1.807) is 38.8 Å². The molecule has 0 unspecified atom stereocenters. The van der Waals surface area contributed by atoms with Gasteiger partial charge in [-0.3, -0.25) is 14.6 Å². The molecular formula is C20H19F2N7O. The highest BCUT2D eigenvalue weighted by Gasteiger charge is 2.13. The number of aromatic amines is 1. The maximum atomic E-state index is 14.1. The Morgan fingerprint density at radius 3 is 2.87 bits per heavy atom. The molecule has 3 aromatic heterocycles. The van der Waals surface area contributed by atoms with Crippen LogP contribution in [0.3, 0.4) is 0 Å². The van der Waals surface area contributed by atoms with Crippen LogP contribution >= 0.6 is 0 Å². The predicted octanol–water partition coefficient (Wildman–Crippen LogP) is 2.86. The van der Waals surface area contributed by atoms with Crippen molar-refractivity contribution in [3.63, 3.8) is 0 Å². The summed E-state index contributed by atoms with van der Waals surface area (Å²) < 4.78 is 29.2. The van der Waals surface area contributed by atoms with Crippen LogP contribution in [-0.2, 0) is 17.8 Å². The van der Waals surface area contributed by atoms with Crippen LogP contribution in [0.15, 0.2) is 42.9 Å². The highest BCUT2D eigenvalue weighted by atomic mass is 19.1. The Hall–Kier alpha value is -3.82. The summed E-state index contributed by atoms with van der Waals surface area (Å²) in [5, 5.41) is 14.9. The van der Waals surface area contributed by atoms with E-state index in [0.717, 1.165) is 23.6 Å². The molecule has 0 atom stereocenters. The van der Waals surface area contributed by atoms with Gasteiger partial charge in [-0.2, -0.15) is 10.2 Å². The normalized spacial score (nSPS) is 11.1. The molecule has 0 fully saturated rings. The van der Waals surface area contributed by atoms with Crippen LogP contribution in [0.2, 0.25) is 0 Å². The standard InChI is InChI=1S/C20H19F2N7O/c1-28(2)20(30)11-29-10-14(8-24-29)25-19-7-18-15(9-23-27-18)17(26-19)6-12-5-13(21)3-4-16(12)22/h3-5,7-10H,6,11H2,1-2H3,(H,23,27)(H,25,26). The van der Waals surface area contributed by atoms with E-state index in [1.807, 2.05) is 0 Å².